The van der Waals surface area contributed by atoms with E-state index in [-0.39, 0.29) is 12.5 Å². The highest BCUT2D eigenvalue weighted by atomic mass is 16.5. The number of ether oxygens (including phenoxy) is 1. The third-order valence-corrected chi connectivity index (χ3v) is 4.73. The molecular formula is C17H24N2O2. The minimum atomic E-state index is -0.0772. The molecule has 1 aromatic carbocycles. The molecule has 0 saturated heterocycles. The number of rotatable bonds is 5. The van der Waals surface area contributed by atoms with Crippen LogP contribution in [0.5, 0.6) is 5.75 Å². The van der Waals surface area contributed by atoms with Crippen LogP contribution >= 0.6 is 0 Å². The largest absolute Gasteiger partial charge is 0.482 e. The topological polar surface area (TPSA) is 50.4 Å². The van der Waals surface area contributed by atoms with Crippen LogP contribution in [0, 0.1) is 5.92 Å². The third-order valence-electron chi connectivity index (χ3n) is 4.73. The summed E-state index contributed by atoms with van der Waals surface area (Å²) in [6.45, 7) is 0.115. The molecule has 0 radical (unpaired) electrons. The number of carbonyl (C=O) groups is 1. The Hall–Kier alpha value is -1.55. The van der Waals surface area contributed by atoms with Crippen molar-refractivity contribution in [2.45, 2.75) is 44.6 Å². The molecule has 1 atom stereocenters. The lowest BCUT2D eigenvalue weighted by Gasteiger charge is -2.22. The molecule has 3 rings (SSSR count). The van der Waals surface area contributed by atoms with Gasteiger partial charge in [0.2, 0.25) is 0 Å². The maximum Gasteiger partial charge on any atom is 0.262 e. The van der Waals surface area contributed by atoms with E-state index in [0.717, 1.165) is 23.8 Å². The van der Waals surface area contributed by atoms with E-state index >= 15 is 0 Å². The van der Waals surface area contributed by atoms with Crippen LogP contribution in [0.25, 0.3) is 0 Å². The molecule has 1 aliphatic carbocycles. The Labute approximate surface area is 126 Å². The lowest BCUT2D eigenvalue weighted by Crippen LogP contribution is -2.26. The average Bonchev–Trinajstić information content (AvgIpc) is 3.01. The Morgan fingerprint density at radius 1 is 1.38 bits per heavy atom. The average molecular weight is 288 g/mol. The van der Waals surface area contributed by atoms with Crippen molar-refractivity contribution in [3.05, 3.63) is 23.8 Å². The van der Waals surface area contributed by atoms with Crippen LogP contribution in [0.3, 0.4) is 0 Å². The van der Waals surface area contributed by atoms with E-state index < -0.39 is 0 Å². The first-order valence-electron chi connectivity index (χ1n) is 8.00. The quantitative estimate of drug-likeness (QED) is 0.874. The molecule has 1 amide bonds. The van der Waals surface area contributed by atoms with Crippen LogP contribution in [0.4, 0.5) is 5.69 Å². The van der Waals surface area contributed by atoms with Crippen molar-refractivity contribution in [3.63, 3.8) is 0 Å². The first kappa shape index (κ1) is 14.4. The summed E-state index contributed by atoms with van der Waals surface area (Å²) in [5.74, 6) is 1.59. The van der Waals surface area contributed by atoms with Crippen molar-refractivity contribution in [2.24, 2.45) is 5.92 Å². The predicted octanol–water partition coefficient (Wildman–Crippen LogP) is 3.25. The molecule has 1 unspecified atom stereocenters. The Kier molecular flexibility index (Phi) is 4.44. The van der Waals surface area contributed by atoms with Gasteiger partial charge in [-0.05, 0) is 43.5 Å². The highest BCUT2D eigenvalue weighted by Crippen LogP contribution is 2.34. The normalized spacial score (nSPS) is 19.8. The molecule has 2 N–H and O–H groups in total. The molecule has 0 aromatic heterocycles. The Bertz CT molecular complexity index is 510. The van der Waals surface area contributed by atoms with Crippen molar-refractivity contribution in [2.75, 3.05) is 19.0 Å². The zero-order valence-corrected chi connectivity index (χ0v) is 12.7. The maximum atomic E-state index is 11.4. The Morgan fingerprint density at radius 3 is 2.95 bits per heavy atom. The summed E-state index contributed by atoms with van der Waals surface area (Å²) in [5.41, 5.74) is 2.02. The molecule has 1 saturated carbocycles. The van der Waals surface area contributed by atoms with Crippen molar-refractivity contribution >= 4 is 11.6 Å². The van der Waals surface area contributed by atoms with E-state index in [1.54, 1.807) is 0 Å². The van der Waals surface area contributed by atoms with Gasteiger partial charge in [0.05, 0.1) is 5.69 Å². The predicted molar refractivity (Wildman–Crippen MR) is 83.6 cm³/mol. The highest BCUT2D eigenvalue weighted by molar-refractivity contribution is 5.95. The fourth-order valence-corrected chi connectivity index (χ4v) is 3.50. The second-order valence-corrected chi connectivity index (χ2v) is 6.16. The molecule has 4 heteroatoms. The van der Waals surface area contributed by atoms with Crippen LogP contribution in [0.1, 0.15) is 50.1 Å². The van der Waals surface area contributed by atoms with Gasteiger partial charge < -0.3 is 15.4 Å². The number of carbonyl (C=O) groups excluding carboxylic acids is 1. The number of amides is 1. The molecule has 2 aliphatic rings. The Morgan fingerprint density at radius 2 is 2.19 bits per heavy atom. The van der Waals surface area contributed by atoms with Crippen LogP contribution in [-0.4, -0.2) is 19.6 Å². The summed E-state index contributed by atoms with van der Waals surface area (Å²) in [5, 5.41) is 6.29. The Balaban J connectivity index is 1.68. The minimum Gasteiger partial charge on any atom is -0.482 e. The van der Waals surface area contributed by atoms with Gasteiger partial charge in [0.1, 0.15) is 5.75 Å². The number of hydrogen-bond donors (Lipinski definition) is 2. The smallest absolute Gasteiger partial charge is 0.262 e. The molecule has 0 bridgehead atoms. The van der Waals surface area contributed by atoms with E-state index in [4.69, 9.17) is 4.74 Å². The molecule has 4 nitrogen and oxygen atoms in total. The lowest BCUT2D eigenvalue weighted by molar-refractivity contribution is -0.118. The third kappa shape index (κ3) is 3.38. The molecule has 1 fully saturated rings. The van der Waals surface area contributed by atoms with Gasteiger partial charge in [-0.15, -0.1) is 0 Å². The molecule has 1 aliphatic heterocycles. The van der Waals surface area contributed by atoms with Gasteiger partial charge in [-0.1, -0.05) is 31.7 Å². The molecular weight excluding hydrogens is 264 g/mol. The first-order chi connectivity index (χ1) is 10.3. The van der Waals surface area contributed by atoms with Crippen LogP contribution in [0.15, 0.2) is 18.2 Å². The molecule has 0 spiro atoms. The summed E-state index contributed by atoms with van der Waals surface area (Å²) in [6, 6.07) is 6.45. The molecule has 21 heavy (non-hydrogen) atoms. The van der Waals surface area contributed by atoms with Gasteiger partial charge in [0.15, 0.2) is 6.61 Å². The summed E-state index contributed by atoms with van der Waals surface area (Å²) >= 11 is 0. The first-order valence-corrected chi connectivity index (χ1v) is 8.00. The second kappa shape index (κ2) is 6.48. The van der Waals surface area contributed by atoms with Crippen LogP contribution in [-0.2, 0) is 4.79 Å². The van der Waals surface area contributed by atoms with Gasteiger partial charge in [-0.2, -0.15) is 0 Å². The van der Waals surface area contributed by atoms with Crippen LogP contribution < -0.4 is 15.4 Å². The number of benzene rings is 1. The standard InChI is InChI=1S/C17H24N2O2/c1-18-14(8-6-12-4-2-3-5-12)13-7-9-16-15(10-13)19-17(20)11-21-16/h7,9-10,12,14,18H,2-6,8,11H2,1H3,(H,19,20). The van der Waals surface area contributed by atoms with E-state index in [9.17, 15) is 4.79 Å². The number of anilines is 1. The number of nitrogens with one attached hydrogen (secondary N) is 2. The van der Waals surface area contributed by atoms with Crippen molar-refractivity contribution in [1.82, 2.24) is 5.32 Å². The second-order valence-electron chi connectivity index (χ2n) is 6.16. The van der Waals surface area contributed by atoms with E-state index in [1.165, 1.54) is 37.7 Å². The van der Waals surface area contributed by atoms with E-state index in [1.807, 2.05) is 19.2 Å². The van der Waals surface area contributed by atoms with E-state index in [2.05, 4.69) is 16.7 Å². The van der Waals surface area contributed by atoms with E-state index in [0.29, 0.717) is 6.04 Å². The van der Waals surface area contributed by atoms with Gasteiger partial charge >= 0.3 is 0 Å². The fraction of sp³-hybridized carbons (Fsp3) is 0.588. The van der Waals surface area contributed by atoms with Gasteiger partial charge in [0.25, 0.3) is 5.91 Å². The van der Waals surface area contributed by atoms with Gasteiger partial charge in [-0.25, -0.2) is 0 Å². The molecule has 1 heterocycles. The van der Waals surface area contributed by atoms with Crippen molar-refractivity contribution < 1.29 is 9.53 Å². The monoisotopic (exact) mass is 288 g/mol. The maximum absolute atomic E-state index is 11.4. The lowest BCUT2D eigenvalue weighted by atomic mass is 9.94. The molecule has 1 aromatic rings. The van der Waals surface area contributed by atoms with Gasteiger partial charge in [0, 0.05) is 6.04 Å². The zero-order valence-electron chi connectivity index (χ0n) is 12.7. The summed E-state index contributed by atoms with van der Waals surface area (Å²) in [4.78, 5) is 11.4. The summed E-state index contributed by atoms with van der Waals surface area (Å²) in [7, 11) is 2.01. The summed E-state index contributed by atoms with van der Waals surface area (Å²) < 4.78 is 5.41. The molecule has 114 valence electrons. The zero-order chi connectivity index (χ0) is 14.7. The SMILES string of the molecule is CNC(CCC1CCCC1)c1ccc2c(c1)NC(=O)CO2. The van der Waals surface area contributed by atoms with Crippen molar-refractivity contribution in [3.8, 4) is 5.75 Å². The number of hydrogen-bond acceptors (Lipinski definition) is 3. The minimum absolute atomic E-state index is 0.0772. The van der Waals surface area contributed by atoms with Crippen LogP contribution in [0.2, 0.25) is 0 Å². The fourth-order valence-electron chi connectivity index (χ4n) is 3.50. The van der Waals surface area contributed by atoms with Crippen molar-refractivity contribution in [1.29, 1.82) is 0 Å². The highest BCUT2D eigenvalue weighted by Gasteiger charge is 2.20. The number of fused-ring (bicyclic) bond motifs is 1. The summed E-state index contributed by atoms with van der Waals surface area (Å²) in [6.07, 6.45) is 8.02. The van der Waals surface area contributed by atoms with Gasteiger partial charge in [-0.3, -0.25) is 4.79 Å².